The highest BCUT2D eigenvalue weighted by atomic mass is 32.2. The lowest BCUT2D eigenvalue weighted by atomic mass is 10.1. The molecule has 4 heteroatoms. The number of nitrogens with one attached hydrogen (secondary N) is 1. The number of benzene rings is 1. The molecule has 2 aromatic rings. The molecule has 0 unspecified atom stereocenters. The van der Waals surface area contributed by atoms with E-state index in [1.54, 1.807) is 24.1 Å². The van der Waals surface area contributed by atoms with Crippen LogP contribution < -0.4 is 5.32 Å². The minimum Gasteiger partial charge on any atom is -0.468 e. The Kier molecular flexibility index (Phi) is 6.16. The average molecular weight is 301 g/mol. The summed E-state index contributed by atoms with van der Waals surface area (Å²) in [5.74, 6) is 2.60. The summed E-state index contributed by atoms with van der Waals surface area (Å²) in [5.41, 5.74) is 2.24. The predicted molar refractivity (Wildman–Crippen MR) is 88.1 cm³/mol. The van der Waals surface area contributed by atoms with Crippen LogP contribution in [0.25, 0.3) is 6.08 Å². The number of hydrogen-bond donors (Lipinski definition) is 1. The molecular formula is C17H19NO2S. The van der Waals surface area contributed by atoms with Gasteiger partial charge in [-0.05, 0) is 30.7 Å². The molecule has 0 radical (unpaired) electrons. The van der Waals surface area contributed by atoms with Crippen LogP contribution >= 0.6 is 11.8 Å². The first-order valence-electron chi connectivity index (χ1n) is 6.87. The normalized spacial score (nSPS) is 10.9. The Morgan fingerprint density at radius 2 is 2.10 bits per heavy atom. The number of aryl methyl sites for hydroxylation is 1. The maximum Gasteiger partial charge on any atom is 0.244 e. The summed E-state index contributed by atoms with van der Waals surface area (Å²) >= 11 is 1.74. The molecule has 0 spiro atoms. The minimum absolute atomic E-state index is 0.0610. The molecule has 1 N–H and O–H groups in total. The van der Waals surface area contributed by atoms with Gasteiger partial charge in [0, 0.05) is 18.4 Å². The van der Waals surface area contributed by atoms with Gasteiger partial charge in [-0.25, -0.2) is 0 Å². The van der Waals surface area contributed by atoms with Gasteiger partial charge >= 0.3 is 0 Å². The van der Waals surface area contributed by atoms with E-state index in [4.69, 9.17) is 4.42 Å². The molecule has 3 nitrogen and oxygen atoms in total. The quantitative estimate of drug-likeness (QED) is 0.627. The van der Waals surface area contributed by atoms with E-state index in [0.29, 0.717) is 6.54 Å². The lowest BCUT2D eigenvalue weighted by Crippen LogP contribution is -2.23. The van der Waals surface area contributed by atoms with E-state index in [-0.39, 0.29) is 5.91 Å². The second-order valence-electron chi connectivity index (χ2n) is 4.67. The molecule has 1 aromatic heterocycles. The first-order valence-corrected chi connectivity index (χ1v) is 8.02. The maximum absolute atomic E-state index is 11.6. The summed E-state index contributed by atoms with van der Waals surface area (Å²) in [4.78, 5) is 11.6. The largest absolute Gasteiger partial charge is 0.468 e. The number of carbonyl (C=O) groups is 1. The van der Waals surface area contributed by atoms with E-state index in [2.05, 4.69) is 5.32 Å². The first-order chi connectivity index (χ1) is 10.2. The van der Waals surface area contributed by atoms with Crippen LogP contribution in [0.2, 0.25) is 0 Å². The highest BCUT2D eigenvalue weighted by Crippen LogP contribution is 2.11. The Morgan fingerprint density at radius 3 is 2.81 bits per heavy atom. The van der Waals surface area contributed by atoms with Crippen molar-refractivity contribution in [3.05, 3.63) is 65.6 Å². The van der Waals surface area contributed by atoms with Gasteiger partial charge < -0.3 is 9.73 Å². The average Bonchev–Trinajstić information content (AvgIpc) is 2.99. The Labute approximate surface area is 129 Å². The van der Waals surface area contributed by atoms with Gasteiger partial charge in [-0.2, -0.15) is 11.8 Å². The van der Waals surface area contributed by atoms with Gasteiger partial charge in [0.25, 0.3) is 0 Å². The number of rotatable bonds is 7. The molecule has 0 saturated heterocycles. The fourth-order valence-corrected chi connectivity index (χ4v) is 2.48. The molecule has 0 atom stereocenters. The van der Waals surface area contributed by atoms with Gasteiger partial charge in [-0.3, -0.25) is 4.79 Å². The van der Waals surface area contributed by atoms with Crippen LogP contribution in [0.1, 0.15) is 16.9 Å². The van der Waals surface area contributed by atoms with Gasteiger partial charge in [0.05, 0.1) is 12.0 Å². The summed E-state index contributed by atoms with van der Waals surface area (Å²) in [7, 11) is 0. The zero-order chi connectivity index (χ0) is 14.9. The molecule has 0 bridgehead atoms. The van der Waals surface area contributed by atoms with E-state index in [9.17, 15) is 4.79 Å². The highest BCUT2D eigenvalue weighted by Gasteiger charge is 1.98. The third kappa shape index (κ3) is 5.92. The second kappa shape index (κ2) is 8.37. The zero-order valence-electron chi connectivity index (χ0n) is 12.0. The van der Waals surface area contributed by atoms with E-state index < -0.39 is 0 Å². The summed E-state index contributed by atoms with van der Waals surface area (Å²) in [6.07, 6.45) is 5.07. The summed E-state index contributed by atoms with van der Waals surface area (Å²) < 4.78 is 5.24. The van der Waals surface area contributed by atoms with Crippen molar-refractivity contribution in [2.75, 3.05) is 12.3 Å². The van der Waals surface area contributed by atoms with E-state index in [1.807, 2.05) is 49.4 Å². The lowest BCUT2D eigenvalue weighted by molar-refractivity contribution is -0.116. The van der Waals surface area contributed by atoms with E-state index >= 15 is 0 Å². The van der Waals surface area contributed by atoms with Gasteiger partial charge in [-0.15, -0.1) is 0 Å². The molecule has 0 fully saturated rings. The summed E-state index contributed by atoms with van der Waals surface area (Å²) in [5, 5.41) is 2.87. The minimum atomic E-state index is -0.0610. The molecule has 1 heterocycles. The van der Waals surface area contributed by atoms with Crippen molar-refractivity contribution >= 4 is 23.7 Å². The molecule has 110 valence electrons. The number of carbonyl (C=O) groups excluding carboxylic acids is 1. The first kappa shape index (κ1) is 15.4. The standard InChI is InChI=1S/C17H19NO2S/c1-14-4-6-15(7-5-14)8-9-17(19)18-10-12-21-13-16-3-2-11-20-16/h2-9,11H,10,12-13H2,1H3,(H,18,19)/b9-8+. The Balaban J connectivity index is 1.62. The number of thioether (sulfide) groups is 1. The van der Waals surface area contributed by atoms with Crippen molar-refractivity contribution in [3.8, 4) is 0 Å². The highest BCUT2D eigenvalue weighted by molar-refractivity contribution is 7.98. The Hall–Kier alpha value is -1.94. The van der Waals surface area contributed by atoms with Crippen LogP contribution in [0.3, 0.4) is 0 Å². The maximum atomic E-state index is 11.6. The number of amides is 1. The predicted octanol–water partition coefficient (Wildman–Crippen LogP) is 3.65. The SMILES string of the molecule is Cc1ccc(/C=C/C(=O)NCCSCc2ccco2)cc1. The Morgan fingerprint density at radius 1 is 1.29 bits per heavy atom. The fraction of sp³-hybridized carbons (Fsp3) is 0.235. The molecule has 0 saturated carbocycles. The number of hydrogen-bond acceptors (Lipinski definition) is 3. The van der Waals surface area contributed by atoms with Crippen LogP contribution in [0.5, 0.6) is 0 Å². The third-order valence-electron chi connectivity index (χ3n) is 2.87. The van der Waals surface area contributed by atoms with E-state index in [0.717, 1.165) is 22.8 Å². The summed E-state index contributed by atoms with van der Waals surface area (Å²) in [6.45, 7) is 2.70. The molecule has 1 amide bonds. The summed E-state index contributed by atoms with van der Waals surface area (Å²) in [6, 6.07) is 11.9. The van der Waals surface area contributed by atoms with Crippen LogP contribution in [0.15, 0.2) is 53.2 Å². The second-order valence-corrected chi connectivity index (χ2v) is 5.77. The molecule has 2 rings (SSSR count). The molecule has 0 aliphatic carbocycles. The fourth-order valence-electron chi connectivity index (χ4n) is 1.72. The van der Waals surface area contributed by atoms with Crippen LogP contribution in [-0.2, 0) is 10.5 Å². The zero-order valence-corrected chi connectivity index (χ0v) is 12.9. The molecule has 0 aliphatic heterocycles. The van der Waals surface area contributed by atoms with Crippen LogP contribution in [0, 0.1) is 6.92 Å². The van der Waals surface area contributed by atoms with Crippen molar-refractivity contribution in [3.63, 3.8) is 0 Å². The third-order valence-corrected chi connectivity index (χ3v) is 3.86. The molecule has 0 aliphatic rings. The topological polar surface area (TPSA) is 42.2 Å². The monoisotopic (exact) mass is 301 g/mol. The van der Waals surface area contributed by atoms with Crippen molar-refractivity contribution in [2.45, 2.75) is 12.7 Å². The Bertz CT molecular complexity index is 573. The molecule has 1 aromatic carbocycles. The van der Waals surface area contributed by atoms with Gasteiger partial charge in [-0.1, -0.05) is 29.8 Å². The van der Waals surface area contributed by atoms with Crippen LogP contribution in [0.4, 0.5) is 0 Å². The van der Waals surface area contributed by atoms with Crippen LogP contribution in [-0.4, -0.2) is 18.2 Å². The molecular weight excluding hydrogens is 282 g/mol. The van der Waals surface area contributed by atoms with Crippen molar-refractivity contribution in [1.82, 2.24) is 5.32 Å². The van der Waals surface area contributed by atoms with Gasteiger partial charge in [0.2, 0.25) is 5.91 Å². The molecule has 21 heavy (non-hydrogen) atoms. The smallest absolute Gasteiger partial charge is 0.244 e. The van der Waals surface area contributed by atoms with Crippen molar-refractivity contribution in [2.24, 2.45) is 0 Å². The van der Waals surface area contributed by atoms with Crippen molar-refractivity contribution in [1.29, 1.82) is 0 Å². The van der Waals surface area contributed by atoms with E-state index in [1.165, 1.54) is 5.56 Å². The lowest BCUT2D eigenvalue weighted by Gasteiger charge is -2.01. The van der Waals surface area contributed by atoms with Gasteiger partial charge in [0.15, 0.2) is 0 Å². The van der Waals surface area contributed by atoms with Crippen molar-refractivity contribution < 1.29 is 9.21 Å². The van der Waals surface area contributed by atoms with Gasteiger partial charge in [0.1, 0.15) is 5.76 Å². The number of furan rings is 1.